The molecule has 1 aliphatic heterocycles. The molecule has 1 aromatic heterocycles. The van der Waals surface area contributed by atoms with E-state index in [9.17, 15) is 0 Å². The van der Waals surface area contributed by atoms with Crippen LogP contribution in [0.1, 0.15) is 33.1 Å². The molecule has 0 bridgehead atoms. The number of hydrogen-bond acceptors (Lipinski definition) is 3. The van der Waals surface area contributed by atoms with Gasteiger partial charge in [-0.2, -0.15) is 0 Å². The third kappa shape index (κ3) is 3.85. The summed E-state index contributed by atoms with van der Waals surface area (Å²) in [5.74, 6) is 2.68. The Kier molecular flexibility index (Phi) is 4.59. The Labute approximate surface area is 128 Å². The van der Waals surface area contributed by atoms with E-state index in [4.69, 9.17) is 0 Å². The van der Waals surface area contributed by atoms with Crippen LogP contribution in [-0.2, 0) is 0 Å². The Bertz CT molecular complexity index is 482. The van der Waals surface area contributed by atoms with Crippen molar-refractivity contribution in [1.82, 2.24) is 10.3 Å². The van der Waals surface area contributed by atoms with Gasteiger partial charge in [-0.3, -0.25) is 0 Å². The summed E-state index contributed by atoms with van der Waals surface area (Å²) >= 11 is 0. The molecule has 0 amide bonds. The molecule has 2 aliphatic rings. The van der Waals surface area contributed by atoms with Gasteiger partial charge in [0.05, 0.1) is 0 Å². The summed E-state index contributed by atoms with van der Waals surface area (Å²) in [6.07, 6.45) is 8.16. The zero-order chi connectivity index (χ0) is 14.7. The third-order valence-electron chi connectivity index (χ3n) is 4.74. The van der Waals surface area contributed by atoms with Gasteiger partial charge in [-0.25, -0.2) is 4.98 Å². The Morgan fingerprint density at radius 3 is 3.05 bits per heavy atom. The zero-order valence-corrected chi connectivity index (χ0v) is 13.3. The van der Waals surface area contributed by atoms with Crippen molar-refractivity contribution in [3.63, 3.8) is 0 Å². The molecule has 2 heterocycles. The van der Waals surface area contributed by atoms with E-state index in [2.05, 4.69) is 47.3 Å². The molecule has 1 fully saturated rings. The second-order valence-electron chi connectivity index (χ2n) is 6.82. The standard InChI is InChI=1S/C18H27N3/c1-14-9-15(2)11-16(10-14)12-20-17-6-8-21(13-17)18-5-3-4-7-19-18/h3-5,7,9,14,16-17,20H,6,8,10-13H2,1-2H3/t14-,16-,17-/m0/s1. The van der Waals surface area contributed by atoms with Crippen LogP contribution in [0.4, 0.5) is 5.82 Å². The highest BCUT2D eigenvalue weighted by molar-refractivity contribution is 5.39. The molecule has 1 aliphatic carbocycles. The van der Waals surface area contributed by atoms with Gasteiger partial charge >= 0.3 is 0 Å². The van der Waals surface area contributed by atoms with E-state index in [0.29, 0.717) is 6.04 Å². The van der Waals surface area contributed by atoms with Crippen LogP contribution in [0.5, 0.6) is 0 Å². The van der Waals surface area contributed by atoms with Crippen LogP contribution >= 0.6 is 0 Å². The van der Waals surface area contributed by atoms with E-state index >= 15 is 0 Å². The molecule has 3 heteroatoms. The minimum Gasteiger partial charge on any atom is -0.355 e. The number of hydrogen-bond donors (Lipinski definition) is 1. The molecule has 3 atom stereocenters. The molecule has 1 saturated heterocycles. The van der Waals surface area contributed by atoms with Crippen LogP contribution in [0.15, 0.2) is 36.0 Å². The smallest absolute Gasteiger partial charge is 0.128 e. The molecule has 3 rings (SSSR count). The van der Waals surface area contributed by atoms with E-state index < -0.39 is 0 Å². The average Bonchev–Trinajstić information content (AvgIpc) is 2.94. The molecular formula is C18H27N3. The maximum Gasteiger partial charge on any atom is 0.128 e. The molecule has 21 heavy (non-hydrogen) atoms. The highest BCUT2D eigenvalue weighted by Gasteiger charge is 2.25. The fraction of sp³-hybridized carbons (Fsp3) is 0.611. The molecule has 0 aromatic carbocycles. The predicted molar refractivity (Wildman–Crippen MR) is 88.5 cm³/mol. The topological polar surface area (TPSA) is 28.2 Å². The van der Waals surface area contributed by atoms with Gasteiger partial charge in [0.15, 0.2) is 0 Å². The van der Waals surface area contributed by atoms with Gasteiger partial charge < -0.3 is 10.2 Å². The lowest BCUT2D eigenvalue weighted by molar-refractivity contribution is 0.365. The Hall–Kier alpha value is -1.35. The SMILES string of the molecule is CC1=C[C@H](C)C[C@H](CN[C@H]2CCN(c3ccccn3)C2)C1. The second-order valence-corrected chi connectivity index (χ2v) is 6.82. The summed E-state index contributed by atoms with van der Waals surface area (Å²) in [6, 6.07) is 6.78. The molecule has 3 nitrogen and oxygen atoms in total. The van der Waals surface area contributed by atoms with Crippen molar-refractivity contribution < 1.29 is 0 Å². The summed E-state index contributed by atoms with van der Waals surface area (Å²) in [4.78, 5) is 6.85. The van der Waals surface area contributed by atoms with Crippen molar-refractivity contribution >= 4 is 5.82 Å². The Balaban J connectivity index is 1.46. The van der Waals surface area contributed by atoms with Crippen LogP contribution in [0.3, 0.4) is 0 Å². The van der Waals surface area contributed by atoms with Crippen LogP contribution < -0.4 is 10.2 Å². The summed E-state index contributed by atoms with van der Waals surface area (Å²) in [6.45, 7) is 7.99. The first-order valence-corrected chi connectivity index (χ1v) is 8.27. The van der Waals surface area contributed by atoms with E-state index in [1.165, 1.54) is 19.3 Å². The van der Waals surface area contributed by atoms with Crippen LogP contribution in [-0.4, -0.2) is 30.7 Å². The molecule has 1 N–H and O–H groups in total. The second kappa shape index (κ2) is 6.61. The molecular weight excluding hydrogens is 258 g/mol. The van der Waals surface area contributed by atoms with Gasteiger partial charge in [0.25, 0.3) is 0 Å². The summed E-state index contributed by atoms with van der Waals surface area (Å²) in [7, 11) is 0. The first-order valence-electron chi connectivity index (χ1n) is 8.27. The third-order valence-corrected chi connectivity index (χ3v) is 4.74. The van der Waals surface area contributed by atoms with E-state index in [-0.39, 0.29) is 0 Å². The maximum absolute atomic E-state index is 4.46. The number of aromatic nitrogens is 1. The minimum absolute atomic E-state index is 0.619. The lowest BCUT2D eigenvalue weighted by Gasteiger charge is -2.27. The molecule has 114 valence electrons. The number of nitrogens with zero attached hydrogens (tertiary/aromatic N) is 2. The molecule has 0 spiro atoms. The fourth-order valence-electron chi connectivity index (χ4n) is 3.85. The quantitative estimate of drug-likeness (QED) is 0.861. The number of pyridine rings is 1. The summed E-state index contributed by atoms with van der Waals surface area (Å²) in [5, 5.41) is 3.80. The van der Waals surface area contributed by atoms with Gasteiger partial charge in [-0.1, -0.05) is 24.6 Å². The Morgan fingerprint density at radius 2 is 2.29 bits per heavy atom. The van der Waals surface area contributed by atoms with Crippen molar-refractivity contribution in [2.24, 2.45) is 11.8 Å². The van der Waals surface area contributed by atoms with E-state index in [0.717, 1.165) is 37.3 Å². The lowest BCUT2D eigenvalue weighted by Crippen LogP contribution is -2.36. The van der Waals surface area contributed by atoms with Gasteiger partial charge in [-0.15, -0.1) is 0 Å². The van der Waals surface area contributed by atoms with Crippen LogP contribution in [0.2, 0.25) is 0 Å². The number of nitrogens with one attached hydrogen (secondary N) is 1. The predicted octanol–water partition coefficient (Wildman–Crippen LogP) is 3.24. The van der Waals surface area contributed by atoms with Crippen molar-refractivity contribution in [2.45, 2.75) is 39.2 Å². The number of anilines is 1. The average molecular weight is 285 g/mol. The first-order chi connectivity index (χ1) is 10.2. The van der Waals surface area contributed by atoms with Gasteiger partial charge in [0.2, 0.25) is 0 Å². The fourth-order valence-corrected chi connectivity index (χ4v) is 3.85. The van der Waals surface area contributed by atoms with Crippen molar-refractivity contribution in [3.05, 3.63) is 36.0 Å². The summed E-state index contributed by atoms with van der Waals surface area (Å²) in [5.41, 5.74) is 1.57. The first kappa shape index (κ1) is 14.6. The number of rotatable bonds is 4. The largest absolute Gasteiger partial charge is 0.355 e. The van der Waals surface area contributed by atoms with Crippen LogP contribution in [0.25, 0.3) is 0 Å². The number of allylic oxidation sites excluding steroid dienone is 2. The lowest BCUT2D eigenvalue weighted by atomic mass is 9.83. The molecule has 1 aromatic rings. The van der Waals surface area contributed by atoms with Crippen molar-refractivity contribution in [3.8, 4) is 0 Å². The minimum atomic E-state index is 0.619. The van der Waals surface area contributed by atoms with Crippen LogP contribution in [0, 0.1) is 11.8 Å². The highest BCUT2D eigenvalue weighted by Crippen LogP contribution is 2.27. The van der Waals surface area contributed by atoms with E-state index in [1.54, 1.807) is 5.57 Å². The normalized spacial score (nSPS) is 29.5. The van der Waals surface area contributed by atoms with Crippen molar-refractivity contribution in [1.29, 1.82) is 0 Å². The molecule has 0 unspecified atom stereocenters. The van der Waals surface area contributed by atoms with E-state index in [1.807, 2.05) is 12.3 Å². The maximum atomic E-state index is 4.46. The monoisotopic (exact) mass is 285 g/mol. The molecule has 0 radical (unpaired) electrons. The summed E-state index contributed by atoms with van der Waals surface area (Å²) < 4.78 is 0. The highest BCUT2D eigenvalue weighted by atomic mass is 15.2. The Morgan fingerprint density at radius 1 is 1.38 bits per heavy atom. The van der Waals surface area contributed by atoms with Gasteiger partial charge in [-0.05, 0) is 56.7 Å². The van der Waals surface area contributed by atoms with Crippen molar-refractivity contribution in [2.75, 3.05) is 24.5 Å². The van der Waals surface area contributed by atoms with Gasteiger partial charge in [0, 0.05) is 25.3 Å². The van der Waals surface area contributed by atoms with Gasteiger partial charge in [0.1, 0.15) is 5.82 Å². The molecule has 0 saturated carbocycles. The zero-order valence-electron chi connectivity index (χ0n) is 13.3.